The summed E-state index contributed by atoms with van der Waals surface area (Å²) in [6, 6.07) is -1.76. The molecule has 4 heterocycles. The number of aliphatic hydroxyl groups excluding tert-OH is 15. The zero-order valence-electron chi connectivity index (χ0n) is 26.6. The Morgan fingerprint density at radius 1 is 0.725 bits per heavy atom. The fourth-order valence-corrected chi connectivity index (χ4v) is 6.38. The van der Waals surface area contributed by atoms with Crippen molar-refractivity contribution in [2.24, 2.45) is 0 Å². The molecule has 4 saturated heterocycles. The van der Waals surface area contributed by atoms with Gasteiger partial charge in [0.25, 0.3) is 5.79 Å². The molecule has 0 aliphatic carbocycles. The fourth-order valence-electron chi connectivity index (χ4n) is 6.38. The Hall–Kier alpha value is -1.41. The van der Waals surface area contributed by atoms with Crippen molar-refractivity contribution >= 4 is 5.97 Å². The zero-order chi connectivity index (χ0) is 38.1. The second-order valence-electron chi connectivity index (χ2n) is 12.7. The molecule has 4 rings (SSSR count). The van der Waals surface area contributed by atoms with Crippen molar-refractivity contribution in [3.63, 3.8) is 0 Å². The van der Waals surface area contributed by atoms with E-state index in [1.807, 2.05) is 0 Å². The monoisotopic (exact) mass is 753 g/mol. The molecule has 0 bridgehead atoms. The molecule has 4 aliphatic rings. The molecule has 0 aromatic rings. The number of hydrogen-bond acceptors (Lipinski definition) is 23. The third-order valence-electron chi connectivity index (χ3n) is 9.34. The molecule has 24 heteroatoms. The van der Waals surface area contributed by atoms with Crippen LogP contribution in [-0.2, 0) is 33.2 Å². The molecule has 51 heavy (non-hydrogen) atoms. The summed E-state index contributed by atoms with van der Waals surface area (Å²) in [6.07, 6.45) is -38.1. The molecule has 0 spiro atoms. The standard InChI is InChI=1S/C27H47NO23/c29-2-7(34)12(35)21-11(28-23-17(40)15(38)13(36)8(3-30)46-23)6(33)1-27(50-21,26(44)45)51-22-14(37)9(4-31)48-25(19(22)42)49-20-10(5-32)47-24(43)18(41)16(20)39/h6-25,28-43H,1-5H2,(H,44,45)/t6-,7+,8+,9+,10+,11+,12+,13+,14-,15-,16+,17+,18+,19+,20+,21+,22-,23+,24+,25-,27-/m0/s1. The van der Waals surface area contributed by atoms with Gasteiger partial charge in [-0.05, 0) is 0 Å². The lowest BCUT2D eigenvalue weighted by molar-refractivity contribution is -0.386. The lowest BCUT2D eigenvalue weighted by Crippen LogP contribution is -2.73. The Labute approximate surface area is 287 Å². The molecule has 4 aliphatic heterocycles. The Morgan fingerprint density at radius 2 is 1.33 bits per heavy atom. The molecule has 0 unspecified atom stereocenters. The number of rotatable bonds is 13. The van der Waals surface area contributed by atoms with Crippen LogP contribution in [0.4, 0.5) is 0 Å². The highest BCUT2D eigenvalue weighted by molar-refractivity contribution is 5.76. The first-order chi connectivity index (χ1) is 24.0. The van der Waals surface area contributed by atoms with Gasteiger partial charge in [-0.2, -0.15) is 0 Å². The minimum absolute atomic E-state index is 0.858. The van der Waals surface area contributed by atoms with E-state index in [0.717, 1.165) is 0 Å². The minimum Gasteiger partial charge on any atom is -0.477 e. The topological polar surface area (TPSA) is 408 Å². The first-order valence-electron chi connectivity index (χ1n) is 15.9. The summed E-state index contributed by atoms with van der Waals surface area (Å²) in [5, 5.41) is 167. The van der Waals surface area contributed by atoms with Gasteiger partial charge in [0, 0.05) is 6.42 Å². The van der Waals surface area contributed by atoms with E-state index in [1.165, 1.54) is 0 Å². The number of carboxylic acid groups (broad SMARTS) is 1. The highest BCUT2D eigenvalue weighted by Crippen LogP contribution is 2.39. The third kappa shape index (κ3) is 8.47. The van der Waals surface area contributed by atoms with Gasteiger partial charge in [0.2, 0.25) is 0 Å². The van der Waals surface area contributed by atoms with Crippen LogP contribution in [-0.4, -0.2) is 242 Å². The van der Waals surface area contributed by atoms with E-state index in [-0.39, 0.29) is 0 Å². The van der Waals surface area contributed by atoms with Gasteiger partial charge in [0.15, 0.2) is 12.6 Å². The summed E-state index contributed by atoms with van der Waals surface area (Å²) in [6.45, 7) is -3.93. The Bertz CT molecular complexity index is 1120. The predicted octanol–water partition coefficient (Wildman–Crippen LogP) is -11.0. The Morgan fingerprint density at radius 3 is 1.90 bits per heavy atom. The van der Waals surface area contributed by atoms with Gasteiger partial charge in [-0.3, -0.25) is 5.32 Å². The summed E-state index contributed by atoms with van der Waals surface area (Å²) in [7, 11) is 0. The van der Waals surface area contributed by atoms with Gasteiger partial charge in [-0.1, -0.05) is 0 Å². The molecule has 24 nitrogen and oxygen atoms in total. The maximum absolute atomic E-state index is 12.8. The van der Waals surface area contributed by atoms with Crippen LogP contribution in [0.2, 0.25) is 0 Å². The second kappa shape index (κ2) is 17.4. The lowest BCUT2D eigenvalue weighted by atomic mass is 9.87. The summed E-state index contributed by atoms with van der Waals surface area (Å²) in [5.41, 5.74) is 0. The van der Waals surface area contributed by atoms with Crippen LogP contribution in [0.15, 0.2) is 0 Å². The predicted molar refractivity (Wildman–Crippen MR) is 153 cm³/mol. The van der Waals surface area contributed by atoms with Crippen LogP contribution in [0.25, 0.3) is 0 Å². The number of carbonyl (C=O) groups is 1. The van der Waals surface area contributed by atoms with E-state index in [1.54, 1.807) is 0 Å². The van der Waals surface area contributed by atoms with Gasteiger partial charge >= 0.3 is 5.97 Å². The molecule has 4 fully saturated rings. The number of aliphatic hydroxyl groups is 15. The van der Waals surface area contributed by atoms with Crippen LogP contribution >= 0.6 is 0 Å². The van der Waals surface area contributed by atoms with E-state index in [0.29, 0.717) is 0 Å². The fraction of sp³-hybridized carbons (Fsp3) is 0.963. The number of hydrogen-bond donors (Lipinski definition) is 17. The maximum atomic E-state index is 12.8. The van der Waals surface area contributed by atoms with Crippen LogP contribution in [0.1, 0.15) is 6.42 Å². The highest BCUT2D eigenvalue weighted by Gasteiger charge is 2.60. The van der Waals surface area contributed by atoms with Crippen molar-refractivity contribution in [1.82, 2.24) is 5.32 Å². The summed E-state index contributed by atoms with van der Waals surface area (Å²) in [4.78, 5) is 12.8. The molecule has 0 radical (unpaired) electrons. The minimum atomic E-state index is -3.16. The normalized spacial score (nSPS) is 49.3. The first kappa shape index (κ1) is 42.3. The van der Waals surface area contributed by atoms with Crippen LogP contribution in [0, 0.1) is 0 Å². The van der Waals surface area contributed by atoms with E-state index in [9.17, 15) is 86.5 Å². The summed E-state index contributed by atoms with van der Waals surface area (Å²) in [5.74, 6) is -5.22. The molecule has 298 valence electrons. The smallest absolute Gasteiger partial charge is 0.364 e. The van der Waals surface area contributed by atoms with Crippen molar-refractivity contribution < 1.29 is 115 Å². The Balaban J connectivity index is 1.64. The van der Waals surface area contributed by atoms with Crippen molar-refractivity contribution in [1.29, 1.82) is 0 Å². The van der Waals surface area contributed by atoms with Crippen molar-refractivity contribution in [2.45, 2.75) is 135 Å². The van der Waals surface area contributed by atoms with Crippen molar-refractivity contribution in [3.05, 3.63) is 0 Å². The van der Waals surface area contributed by atoms with Crippen LogP contribution in [0.3, 0.4) is 0 Å². The summed E-state index contributed by atoms with van der Waals surface area (Å²) < 4.78 is 32.5. The molecule has 0 aromatic heterocycles. The largest absolute Gasteiger partial charge is 0.477 e. The third-order valence-corrected chi connectivity index (χ3v) is 9.34. The van der Waals surface area contributed by atoms with Gasteiger partial charge in [-0.25, -0.2) is 4.79 Å². The molecule has 0 aromatic carbocycles. The SMILES string of the molecule is O=C(O)[C@@]1(O[C@H]2[C@@H](O)[C@@H](CO)O[C@@H](O[C@H]3[C@H](O)[C@@H](O)[C@H](O)O[C@@H]3CO)[C@@H]2O)C[C@H](O)[C@@H](N[C@@H]2O[C@H](CO)[C@@H](O)[C@H](O)[C@H]2O)[C@H]([C@H](O)[C@H](O)CO)O1. The highest BCUT2D eigenvalue weighted by atomic mass is 16.8. The quantitative estimate of drug-likeness (QED) is 0.0830. The molecule has 17 N–H and O–H groups in total. The average Bonchev–Trinajstić information content (AvgIpc) is 3.11. The number of ether oxygens (including phenoxy) is 6. The second-order valence-corrected chi connectivity index (χ2v) is 12.7. The van der Waals surface area contributed by atoms with Gasteiger partial charge in [-0.15, -0.1) is 0 Å². The molecule has 0 amide bonds. The van der Waals surface area contributed by atoms with Crippen molar-refractivity contribution in [2.75, 3.05) is 26.4 Å². The van der Waals surface area contributed by atoms with Crippen LogP contribution in [0.5, 0.6) is 0 Å². The number of aliphatic carboxylic acids is 1. The van der Waals surface area contributed by atoms with E-state index >= 15 is 0 Å². The maximum Gasteiger partial charge on any atom is 0.364 e. The number of nitrogens with one attached hydrogen (secondary N) is 1. The molecular weight excluding hydrogens is 706 g/mol. The molecule has 0 saturated carbocycles. The van der Waals surface area contributed by atoms with E-state index in [2.05, 4.69) is 5.32 Å². The van der Waals surface area contributed by atoms with Gasteiger partial charge in [0.1, 0.15) is 97.8 Å². The Kier molecular flexibility index (Phi) is 14.4. The lowest BCUT2D eigenvalue weighted by Gasteiger charge is -2.51. The average molecular weight is 754 g/mol. The summed E-state index contributed by atoms with van der Waals surface area (Å²) >= 11 is 0. The molecular formula is C27H47NO23. The molecule has 21 atom stereocenters. The van der Waals surface area contributed by atoms with Gasteiger partial charge in [0.05, 0.1) is 38.6 Å². The zero-order valence-corrected chi connectivity index (χ0v) is 26.6. The van der Waals surface area contributed by atoms with Gasteiger partial charge < -0.3 is 110 Å². The first-order valence-corrected chi connectivity index (χ1v) is 15.9. The van der Waals surface area contributed by atoms with E-state index in [4.69, 9.17) is 28.4 Å². The van der Waals surface area contributed by atoms with Crippen molar-refractivity contribution in [3.8, 4) is 0 Å². The number of carboxylic acids is 1. The van der Waals surface area contributed by atoms with Crippen LogP contribution < -0.4 is 5.32 Å². The van der Waals surface area contributed by atoms with E-state index < -0.39 is 167 Å².